The summed E-state index contributed by atoms with van der Waals surface area (Å²) in [6.07, 6.45) is 0.863. The zero-order chi connectivity index (χ0) is 24.8. The first-order chi connectivity index (χ1) is 17.0. The zero-order valence-electron chi connectivity index (χ0n) is 20.8. The van der Waals surface area contributed by atoms with Crippen LogP contribution in [0, 0.1) is 5.92 Å². The van der Waals surface area contributed by atoms with Crippen LogP contribution in [0.3, 0.4) is 0 Å². The maximum atomic E-state index is 13.7. The molecule has 1 aliphatic rings. The Hall–Kier alpha value is -2.96. The van der Waals surface area contributed by atoms with Crippen molar-refractivity contribution in [2.24, 2.45) is 5.92 Å². The first kappa shape index (κ1) is 25.1. The lowest BCUT2D eigenvalue weighted by atomic mass is 9.81. The van der Waals surface area contributed by atoms with Crippen molar-refractivity contribution in [3.63, 3.8) is 0 Å². The standard InChI is InChI=1S/C29H35N3O2S/c1-21(2)19-32-27(25-15-9-18-35-25)26(23-13-7-8-14-24(23)29(32)34)28(33)30-16-10-17-31(3)20-22-11-5-4-6-12-22/h4-9,11-15,18,21,26-27H,10,16-17,19-20H2,1-3H3,(H,30,33)/t26-,27+/m0/s1. The molecule has 0 spiro atoms. The SMILES string of the molecule is CC(C)CN1C(=O)c2ccccc2[C@H](C(=O)NCCCN(C)Cc2ccccc2)[C@H]1c1cccs1. The van der Waals surface area contributed by atoms with Gasteiger partial charge in [0.2, 0.25) is 5.91 Å². The molecule has 4 rings (SSSR count). The maximum absolute atomic E-state index is 13.7. The van der Waals surface area contributed by atoms with Crippen LogP contribution in [0.15, 0.2) is 72.1 Å². The highest BCUT2D eigenvalue weighted by Crippen LogP contribution is 2.44. The van der Waals surface area contributed by atoms with Crippen LogP contribution in [0.5, 0.6) is 0 Å². The van der Waals surface area contributed by atoms with Gasteiger partial charge in [-0.25, -0.2) is 0 Å². The van der Waals surface area contributed by atoms with Gasteiger partial charge < -0.3 is 15.1 Å². The smallest absolute Gasteiger partial charge is 0.254 e. The van der Waals surface area contributed by atoms with Gasteiger partial charge in [-0.05, 0) is 54.6 Å². The number of nitrogens with one attached hydrogen (secondary N) is 1. The second-order valence-corrected chi connectivity index (χ2v) is 10.7. The van der Waals surface area contributed by atoms with Crippen LogP contribution in [0.4, 0.5) is 0 Å². The van der Waals surface area contributed by atoms with E-state index in [1.165, 1.54) is 5.56 Å². The maximum Gasteiger partial charge on any atom is 0.254 e. The molecule has 1 aliphatic heterocycles. The largest absolute Gasteiger partial charge is 0.355 e. The van der Waals surface area contributed by atoms with Crippen molar-refractivity contribution in [3.8, 4) is 0 Å². The predicted molar refractivity (Wildman–Crippen MR) is 143 cm³/mol. The Morgan fingerprint density at radius 1 is 1.06 bits per heavy atom. The van der Waals surface area contributed by atoms with Gasteiger partial charge in [-0.15, -0.1) is 11.3 Å². The number of fused-ring (bicyclic) bond motifs is 1. The van der Waals surface area contributed by atoms with E-state index < -0.39 is 5.92 Å². The third-order valence-corrected chi connectivity index (χ3v) is 7.37. The Balaban J connectivity index is 1.48. The second kappa shape index (κ2) is 11.6. The van der Waals surface area contributed by atoms with E-state index in [4.69, 9.17) is 0 Å². The van der Waals surface area contributed by atoms with Gasteiger partial charge in [0.1, 0.15) is 0 Å². The number of benzene rings is 2. The van der Waals surface area contributed by atoms with Crippen molar-refractivity contribution < 1.29 is 9.59 Å². The van der Waals surface area contributed by atoms with Gasteiger partial charge >= 0.3 is 0 Å². The summed E-state index contributed by atoms with van der Waals surface area (Å²) in [5.41, 5.74) is 2.75. The minimum Gasteiger partial charge on any atom is -0.355 e. The van der Waals surface area contributed by atoms with E-state index in [1.807, 2.05) is 52.7 Å². The average Bonchev–Trinajstić information content (AvgIpc) is 3.38. The van der Waals surface area contributed by atoms with Crippen LogP contribution in [-0.4, -0.2) is 48.3 Å². The van der Waals surface area contributed by atoms with E-state index in [9.17, 15) is 9.59 Å². The number of thiophene rings is 1. The number of carbonyl (C=O) groups excluding carboxylic acids is 2. The molecule has 1 N–H and O–H groups in total. The molecule has 35 heavy (non-hydrogen) atoms. The quantitative estimate of drug-likeness (QED) is 0.392. The molecule has 0 radical (unpaired) electrons. The molecule has 3 aromatic rings. The Labute approximate surface area is 212 Å². The van der Waals surface area contributed by atoms with Crippen molar-refractivity contribution in [1.82, 2.24) is 15.1 Å². The molecule has 0 unspecified atom stereocenters. The van der Waals surface area contributed by atoms with Gasteiger partial charge in [-0.1, -0.05) is 68.4 Å². The monoisotopic (exact) mass is 489 g/mol. The summed E-state index contributed by atoms with van der Waals surface area (Å²) in [6.45, 7) is 7.22. The summed E-state index contributed by atoms with van der Waals surface area (Å²) >= 11 is 1.61. The number of hydrogen-bond acceptors (Lipinski definition) is 4. The van der Waals surface area contributed by atoms with Crippen LogP contribution >= 0.6 is 11.3 Å². The van der Waals surface area contributed by atoms with Crippen LogP contribution in [-0.2, 0) is 11.3 Å². The van der Waals surface area contributed by atoms with E-state index in [0.29, 0.717) is 24.6 Å². The van der Waals surface area contributed by atoms with Gasteiger partial charge in [-0.3, -0.25) is 9.59 Å². The highest BCUT2D eigenvalue weighted by Gasteiger charge is 2.44. The van der Waals surface area contributed by atoms with Crippen molar-refractivity contribution >= 4 is 23.2 Å². The first-order valence-corrected chi connectivity index (χ1v) is 13.3. The average molecular weight is 490 g/mol. The number of carbonyl (C=O) groups is 2. The molecule has 0 bridgehead atoms. The van der Waals surface area contributed by atoms with Crippen molar-refractivity contribution in [3.05, 3.63) is 93.7 Å². The minimum absolute atomic E-state index is 0.0113. The molecule has 184 valence electrons. The molecule has 2 amide bonds. The fourth-order valence-electron chi connectivity index (χ4n) is 4.89. The van der Waals surface area contributed by atoms with E-state index in [2.05, 4.69) is 55.4 Å². The van der Waals surface area contributed by atoms with E-state index in [-0.39, 0.29) is 17.9 Å². The first-order valence-electron chi connectivity index (χ1n) is 12.4. The predicted octanol–water partition coefficient (Wildman–Crippen LogP) is 5.32. The van der Waals surface area contributed by atoms with Gasteiger partial charge in [0.05, 0.1) is 12.0 Å². The number of rotatable bonds is 10. The van der Waals surface area contributed by atoms with E-state index >= 15 is 0 Å². The number of hydrogen-bond donors (Lipinski definition) is 1. The molecule has 0 aliphatic carbocycles. The molecule has 1 aromatic heterocycles. The summed E-state index contributed by atoms with van der Waals surface area (Å²) in [5, 5.41) is 5.21. The summed E-state index contributed by atoms with van der Waals surface area (Å²) in [6, 6.07) is 21.8. The Morgan fingerprint density at radius 3 is 2.51 bits per heavy atom. The molecular weight excluding hydrogens is 454 g/mol. The van der Waals surface area contributed by atoms with Crippen LogP contribution in [0.2, 0.25) is 0 Å². The molecule has 0 fully saturated rings. The van der Waals surface area contributed by atoms with E-state index in [1.54, 1.807) is 11.3 Å². The van der Waals surface area contributed by atoms with Gasteiger partial charge in [0.25, 0.3) is 5.91 Å². The lowest BCUT2D eigenvalue weighted by Gasteiger charge is -2.42. The fraction of sp³-hybridized carbons (Fsp3) is 0.379. The summed E-state index contributed by atoms with van der Waals surface area (Å²) in [5.74, 6) is -0.124. The third kappa shape index (κ3) is 6.00. The van der Waals surface area contributed by atoms with Gasteiger partial charge in [0, 0.05) is 30.1 Å². The summed E-state index contributed by atoms with van der Waals surface area (Å²) in [7, 11) is 2.11. The third-order valence-electron chi connectivity index (χ3n) is 6.43. The van der Waals surface area contributed by atoms with E-state index in [0.717, 1.165) is 30.0 Å². The molecule has 5 nitrogen and oxygen atoms in total. The fourth-order valence-corrected chi connectivity index (χ4v) is 5.76. The topological polar surface area (TPSA) is 52.7 Å². The Morgan fingerprint density at radius 2 is 1.80 bits per heavy atom. The minimum atomic E-state index is -0.427. The molecule has 2 atom stereocenters. The number of nitrogens with zero attached hydrogens (tertiary/aromatic N) is 2. The Kier molecular flexibility index (Phi) is 8.37. The zero-order valence-corrected chi connectivity index (χ0v) is 21.6. The van der Waals surface area contributed by atoms with Crippen molar-refractivity contribution in [2.45, 2.75) is 38.8 Å². The highest BCUT2D eigenvalue weighted by molar-refractivity contribution is 7.10. The lowest BCUT2D eigenvalue weighted by Crippen LogP contribution is -2.48. The number of amides is 2. The lowest BCUT2D eigenvalue weighted by molar-refractivity contribution is -0.124. The van der Waals surface area contributed by atoms with Crippen molar-refractivity contribution in [1.29, 1.82) is 0 Å². The van der Waals surface area contributed by atoms with Crippen LogP contribution in [0.25, 0.3) is 0 Å². The normalized spacial score (nSPS) is 17.6. The molecule has 0 saturated heterocycles. The van der Waals surface area contributed by atoms with Gasteiger partial charge in [-0.2, -0.15) is 0 Å². The molecular formula is C29H35N3O2S. The molecule has 2 aromatic carbocycles. The molecule has 6 heteroatoms. The van der Waals surface area contributed by atoms with Crippen LogP contribution < -0.4 is 5.32 Å². The summed E-state index contributed by atoms with van der Waals surface area (Å²) in [4.78, 5) is 32.4. The Bertz CT molecular complexity index is 1110. The second-order valence-electron chi connectivity index (χ2n) is 9.74. The molecule has 2 heterocycles. The van der Waals surface area contributed by atoms with Crippen LogP contribution in [0.1, 0.15) is 58.6 Å². The van der Waals surface area contributed by atoms with Gasteiger partial charge in [0.15, 0.2) is 0 Å². The molecule has 0 saturated carbocycles. The van der Waals surface area contributed by atoms with Crippen molar-refractivity contribution in [2.75, 3.05) is 26.7 Å². The highest BCUT2D eigenvalue weighted by atomic mass is 32.1. The summed E-state index contributed by atoms with van der Waals surface area (Å²) < 4.78 is 0.